The first kappa shape index (κ1) is 11.1. The van der Waals surface area contributed by atoms with Crippen LogP contribution in [0.2, 0.25) is 5.02 Å². The predicted octanol–water partition coefficient (Wildman–Crippen LogP) is 3.36. The van der Waals surface area contributed by atoms with E-state index in [1.54, 1.807) is 0 Å². The summed E-state index contributed by atoms with van der Waals surface area (Å²) in [6, 6.07) is 6.40. The van der Waals surface area contributed by atoms with E-state index in [2.05, 4.69) is 28.5 Å². The van der Waals surface area contributed by atoms with E-state index in [-0.39, 0.29) is 0 Å². The molecule has 1 fully saturated rings. The van der Waals surface area contributed by atoms with E-state index in [9.17, 15) is 0 Å². The highest BCUT2D eigenvalue weighted by atomic mass is 35.5. The number of aromatic nitrogens is 1. The zero-order chi connectivity index (χ0) is 11.7. The number of hydrogen-bond donors (Lipinski definition) is 2. The summed E-state index contributed by atoms with van der Waals surface area (Å²) in [5.41, 5.74) is 2.60. The lowest BCUT2D eigenvalue weighted by atomic mass is 9.91. The second-order valence-electron chi connectivity index (χ2n) is 4.89. The summed E-state index contributed by atoms with van der Waals surface area (Å²) < 4.78 is 0. The molecule has 1 aliphatic rings. The van der Waals surface area contributed by atoms with Crippen LogP contribution in [-0.2, 0) is 6.42 Å². The minimum Gasteiger partial charge on any atom is -0.360 e. The maximum atomic E-state index is 6.14. The van der Waals surface area contributed by atoms with Gasteiger partial charge in [0.15, 0.2) is 0 Å². The zero-order valence-corrected chi connectivity index (χ0v) is 10.6. The summed E-state index contributed by atoms with van der Waals surface area (Å²) in [7, 11) is 0. The Bertz CT molecular complexity index is 512. The quantitative estimate of drug-likeness (QED) is 0.838. The molecule has 90 valence electrons. The van der Waals surface area contributed by atoms with Crippen molar-refractivity contribution in [3.8, 4) is 0 Å². The molecule has 1 aliphatic heterocycles. The van der Waals surface area contributed by atoms with Crippen molar-refractivity contribution >= 4 is 22.5 Å². The Hall–Kier alpha value is -0.990. The van der Waals surface area contributed by atoms with Gasteiger partial charge in [0.2, 0.25) is 0 Å². The molecule has 1 saturated heterocycles. The molecule has 3 heteroatoms. The van der Waals surface area contributed by atoms with Gasteiger partial charge in [0, 0.05) is 11.6 Å². The van der Waals surface area contributed by atoms with E-state index in [4.69, 9.17) is 11.6 Å². The van der Waals surface area contributed by atoms with E-state index in [0.717, 1.165) is 29.3 Å². The number of aromatic amines is 1. The molecule has 0 radical (unpaired) electrons. The van der Waals surface area contributed by atoms with Crippen LogP contribution in [0.1, 0.15) is 18.4 Å². The first-order valence-corrected chi connectivity index (χ1v) is 6.67. The molecule has 2 N–H and O–H groups in total. The predicted molar refractivity (Wildman–Crippen MR) is 72.6 cm³/mol. The normalized spacial score (nSPS) is 20.9. The summed E-state index contributed by atoms with van der Waals surface area (Å²) in [6.45, 7) is 2.32. The molecule has 2 nitrogen and oxygen atoms in total. The lowest BCUT2D eigenvalue weighted by molar-refractivity contribution is 0.376. The van der Waals surface area contributed by atoms with Crippen LogP contribution in [0.15, 0.2) is 24.4 Å². The van der Waals surface area contributed by atoms with Gasteiger partial charge in [0.25, 0.3) is 0 Å². The van der Waals surface area contributed by atoms with Crippen molar-refractivity contribution in [1.29, 1.82) is 0 Å². The van der Waals surface area contributed by atoms with Crippen LogP contribution in [0.5, 0.6) is 0 Å². The third kappa shape index (κ3) is 2.20. The van der Waals surface area contributed by atoms with E-state index in [0.29, 0.717) is 0 Å². The van der Waals surface area contributed by atoms with Gasteiger partial charge >= 0.3 is 0 Å². The first-order chi connectivity index (χ1) is 8.34. The molecule has 1 aromatic carbocycles. The Morgan fingerprint density at radius 2 is 2.29 bits per heavy atom. The van der Waals surface area contributed by atoms with Crippen LogP contribution in [0.25, 0.3) is 10.9 Å². The van der Waals surface area contributed by atoms with E-state index in [1.165, 1.54) is 30.5 Å². The molecule has 1 aromatic heterocycles. The van der Waals surface area contributed by atoms with Gasteiger partial charge in [-0.1, -0.05) is 29.8 Å². The number of hydrogen-bond acceptors (Lipinski definition) is 1. The summed E-state index contributed by atoms with van der Waals surface area (Å²) in [5.74, 6) is 0.761. The molecule has 2 aromatic rings. The summed E-state index contributed by atoms with van der Waals surface area (Å²) in [6.07, 6.45) is 5.65. The second kappa shape index (κ2) is 4.71. The number of piperidine rings is 1. The Morgan fingerprint density at radius 1 is 1.35 bits per heavy atom. The van der Waals surface area contributed by atoms with Gasteiger partial charge in [0.05, 0.1) is 10.5 Å². The highest BCUT2D eigenvalue weighted by Gasteiger charge is 2.15. The van der Waals surface area contributed by atoms with Gasteiger partial charge in [-0.3, -0.25) is 0 Å². The molecule has 1 unspecified atom stereocenters. The second-order valence-corrected chi connectivity index (χ2v) is 5.30. The molecule has 1 atom stereocenters. The van der Waals surface area contributed by atoms with Crippen LogP contribution < -0.4 is 5.32 Å². The molecule has 0 bridgehead atoms. The zero-order valence-electron chi connectivity index (χ0n) is 9.80. The number of para-hydroxylation sites is 1. The topological polar surface area (TPSA) is 27.8 Å². The minimum atomic E-state index is 0.761. The molecular weight excluding hydrogens is 232 g/mol. The van der Waals surface area contributed by atoms with Crippen molar-refractivity contribution in [3.05, 3.63) is 35.0 Å². The van der Waals surface area contributed by atoms with E-state index in [1.807, 2.05) is 6.20 Å². The van der Waals surface area contributed by atoms with Crippen LogP contribution in [0.3, 0.4) is 0 Å². The standard InChI is InChI=1S/C14H17ClN2/c15-13-9-17-14-11(4-1-5-12(13)14)7-10-3-2-6-16-8-10/h1,4-5,9-10,16-17H,2-3,6-8H2. The monoisotopic (exact) mass is 248 g/mol. The maximum absolute atomic E-state index is 6.14. The molecular formula is C14H17ClN2. The largest absolute Gasteiger partial charge is 0.360 e. The fourth-order valence-electron chi connectivity index (χ4n) is 2.76. The summed E-state index contributed by atoms with van der Waals surface area (Å²) in [5, 5.41) is 5.44. The number of H-pyrrole nitrogens is 1. The highest BCUT2D eigenvalue weighted by molar-refractivity contribution is 6.35. The number of nitrogens with one attached hydrogen (secondary N) is 2. The molecule has 2 heterocycles. The number of rotatable bonds is 2. The number of fused-ring (bicyclic) bond motifs is 1. The number of benzene rings is 1. The van der Waals surface area contributed by atoms with E-state index >= 15 is 0 Å². The SMILES string of the molecule is Clc1c[nH]c2c(CC3CCCNC3)cccc12. The van der Waals surface area contributed by atoms with Crippen LogP contribution in [-0.4, -0.2) is 18.1 Å². The Kier molecular flexibility index (Phi) is 3.08. The Labute approximate surface area is 106 Å². The van der Waals surface area contributed by atoms with Crippen molar-refractivity contribution in [2.24, 2.45) is 5.92 Å². The van der Waals surface area contributed by atoms with Crippen LogP contribution in [0.4, 0.5) is 0 Å². The Balaban J connectivity index is 1.89. The third-order valence-electron chi connectivity index (χ3n) is 3.66. The van der Waals surface area contributed by atoms with Crippen LogP contribution >= 0.6 is 11.6 Å². The lowest BCUT2D eigenvalue weighted by Gasteiger charge is -2.22. The van der Waals surface area contributed by atoms with E-state index < -0.39 is 0 Å². The van der Waals surface area contributed by atoms with Crippen molar-refractivity contribution < 1.29 is 0 Å². The summed E-state index contributed by atoms with van der Waals surface area (Å²) in [4.78, 5) is 3.29. The molecule has 17 heavy (non-hydrogen) atoms. The molecule has 3 rings (SSSR count). The Morgan fingerprint density at radius 3 is 3.12 bits per heavy atom. The van der Waals surface area contributed by atoms with Crippen molar-refractivity contribution in [2.75, 3.05) is 13.1 Å². The smallest absolute Gasteiger partial charge is 0.0659 e. The van der Waals surface area contributed by atoms with Gasteiger partial charge in [-0.2, -0.15) is 0 Å². The van der Waals surface area contributed by atoms with Gasteiger partial charge in [-0.25, -0.2) is 0 Å². The van der Waals surface area contributed by atoms with Gasteiger partial charge in [0.1, 0.15) is 0 Å². The van der Waals surface area contributed by atoms with Gasteiger partial charge in [-0.15, -0.1) is 0 Å². The average molecular weight is 249 g/mol. The van der Waals surface area contributed by atoms with Gasteiger partial charge < -0.3 is 10.3 Å². The fraction of sp³-hybridized carbons (Fsp3) is 0.429. The first-order valence-electron chi connectivity index (χ1n) is 6.30. The molecule has 0 aliphatic carbocycles. The lowest BCUT2D eigenvalue weighted by Crippen LogP contribution is -2.30. The van der Waals surface area contributed by atoms with Crippen molar-refractivity contribution in [1.82, 2.24) is 10.3 Å². The van der Waals surface area contributed by atoms with Crippen molar-refractivity contribution in [3.63, 3.8) is 0 Å². The number of halogens is 1. The molecule has 0 amide bonds. The maximum Gasteiger partial charge on any atom is 0.0659 e. The molecule has 0 saturated carbocycles. The van der Waals surface area contributed by atoms with Gasteiger partial charge in [-0.05, 0) is 43.8 Å². The summed E-state index contributed by atoms with van der Waals surface area (Å²) >= 11 is 6.14. The fourth-order valence-corrected chi connectivity index (χ4v) is 2.97. The molecule has 0 spiro atoms. The minimum absolute atomic E-state index is 0.761. The highest BCUT2D eigenvalue weighted by Crippen LogP contribution is 2.27. The average Bonchev–Trinajstić information content (AvgIpc) is 2.74. The third-order valence-corrected chi connectivity index (χ3v) is 3.97. The van der Waals surface area contributed by atoms with Crippen LogP contribution in [0, 0.1) is 5.92 Å². The van der Waals surface area contributed by atoms with Crippen molar-refractivity contribution in [2.45, 2.75) is 19.3 Å².